The molecule has 2 unspecified atom stereocenters. The van der Waals surface area contributed by atoms with Crippen LogP contribution in [0.25, 0.3) is 0 Å². The predicted octanol–water partition coefficient (Wildman–Crippen LogP) is 10.3. The molecule has 70 heavy (non-hydrogen) atoms. The Morgan fingerprint density at radius 3 is 1.94 bits per heavy atom. The summed E-state index contributed by atoms with van der Waals surface area (Å²) in [6.45, 7) is 12.6. The van der Waals surface area contributed by atoms with Crippen molar-refractivity contribution in [1.82, 2.24) is 5.32 Å². The summed E-state index contributed by atoms with van der Waals surface area (Å²) in [6, 6.07) is 52.2. The van der Waals surface area contributed by atoms with Gasteiger partial charge in [-0.3, -0.25) is 14.4 Å². The lowest BCUT2D eigenvalue weighted by Crippen LogP contribution is -2.44. The third kappa shape index (κ3) is 16.3. The fraction of sp³-hybridized carbons (Fsp3) is 0.333. The van der Waals surface area contributed by atoms with Crippen molar-refractivity contribution in [3.05, 3.63) is 191 Å². The minimum absolute atomic E-state index is 0.114. The van der Waals surface area contributed by atoms with Crippen LogP contribution < -0.4 is 30.7 Å². The summed E-state index contributed by atoms with van der Waals surface area (Å²) >= 11 is 0. The number of aldehydes is 2. The van der Waals surface area contributed by atoms with Crippen molar-refractivity contribution in [2.75, 3.05) is 73.0 Å². The first kappa shape index (κ1) is 53.9. The van der Waals surface area contributed by atoms with E-state index in [0.29, 0.717) is 12.5 Å². The van der Waals surface area contributed by atoms with Gasteiger partial charge in [-0.15, -0.1) is 0 Å². The molecule has 2 atom stereocenters. The topological polar surface area (TPSA) is 119 Å². The molecule has 9 rings (SSSR count). The van der Waals surface area contributed by atoms with Gasteiger partial charge >= 0.3 is 0 Å². The molecule has 3 heterocycles. The van der Waals surface area contributed by atoms with Gasteiger partial charge in [0.1, 0.15) is 12.6 Å². The van der Waals surface area contributed by atoms with E-state index in [4.69, 9.17) is 4.79 Å². The van der Waals surface area contributed by atoms with Gasteiger partial charge in [0.2, 0.25) is 6.41 Å². The van der Waals surface area contributed by atoms with E-state index in [0.717, 1.165) is 84.6 Å². The van der Waals surface area contributed by atoms with Gasteiger partial charge in [0, 0.05) is 92.7 Å². The van der Waals surface area contributed by atoms with E-state index in [2.05, 4.69) is 113 Å². The predicted molar refractivity (Wildman–Crippen MR) is 291 cm³/mol. The second-order valence-corrected chi connectivity index (χ2v) is 18.1. The number of carbonyl (C=O) groups is 4. The summed E-state index contributed by atoms with van der Waals surface area (Å²) in [5, 5.41) is 3.41. The van der Waals surface area contributed by atoms with E-state index in [1.807, 2.05) is 105 Å². The molecule has 0 bridgehead atoms. The van der Waals surface area contributed by atoms with Gasteiger partial charge in [0.05, 0.1) is 0 Å². The van der Waals surface area contributed by atoms with Gasteiger partial charge in [-0.1, -0.05) is 110 Å². The zero-order valence-electron chi connectivity index (χ0n) is 42.0. The molecule has 6 aromatic rings. The quantitative estimate of drug-likeness (QED) is 0.116. The second-order valence-electron chi connectivity index (χ2n) is 18.1. The highest BCUT2D eigenvalue weighted by atomic mass is 16.2. The molecular weight excluding hydrogens is 869 g/mol. The zero-order valence-corrected chi connectivity index (χ0v) is 42.0. The Morgan fingerprint density at radius 1 is 0.714 bits per heavy atom. The first-order valence-electron chi connectivity index (χ1n) is 24.8. The van der Waals surface area contributed by atoms with E-state index in [-0.39, 0.29) is 12.3 Å². The second kappa shape index (κ2) is 29.1. The Hall–Kier alpha value is -7.04. The number of hydrogen-bond acceptors (Lipinski definition) is 8. The lowest BCUT2D eigenvalue weighted by Gasteiger charge is -2.34. The van der Waals surface area contributed by atoms with Crippen molar-refractivity contribution < 1.29 is 19.2 Å². The molecule has 0 saturated carbocycles. The molecule has 3 aliphatic rings. The minimum Gasteiger partial charge on any atom is -0.375 e. The van der Waals surface area contributed by atoms with Crippen LogP contribution in [-0.4, -0.2) is 84.3 Å². The van der Waals surface area contributed by atoms with E-state index in [1.165, 1.54) is 73.4 Å². The molecule has 0 radical (unpaired) electrons. The lowest BCUT2D eigenvalue weighted by atomic mass is 9.99. The van der Waals surface area contributed by atoms with E-state index in [1.54, 1.807) is 0 Å². The number of hydrogen-bond donors (Lipinski definition) is 2. The van der Waals surface area contributed by atoms with Gasteiger partial charge in [0.15, 0.2) is 0 Å². The third-order valence-electron chi connectivity index (χ3n) is 13.1. The summed E-state index contributed by atoms with van der Waals surface area (Å²) in [4.78, 5) is 51.1. The smallest absolute Gasteiger partial charge is 0.258 e. The molecule has 2 fully saturated rings. The highest BCUT2D eigenvalue weighted by molar-refractivity contribution is 6.08. The molecule has 0 aromatic heterocycles. The molecule has 3 aliphatic heterocycles. The highest BCUT2D eigenvalue weighted by Crippen LogP contribution is 2.34. The number of amides is 2. The first-order chi connectivity index (χ1) is 34.1. The fourth-order valence-corrected chi connectivity index (χ4v) is 9.19. The van der Waals surface area contributed by atoms with Gasteiger partial charge < -0.3 is 35.4 Å². The third-order valence-corrected chi connectivity index (χ3v) is 13.1. The molecule has 10 nitrogen and oxygen atoms in total. The number of primary amides is 1. The fourth-order valence-electron chi connectivity index (χ4n) is 9.19. The number of rotatable bonds is 12. The molecular formula is C60H74N6O4. The Balaban J connectivity index is 0.000000187. The summed E-state index contributed by atoms with van der Waals surface area (Å²) in [6.07, 6.45) is 9.65. The van der Waals surface area contributed by atoms with Crippen LogP contribution in [0.15, 0.2) is 152 Å². The van der Waals surface area contributed by atoms with Crippen LogP contribution in [0.3, 0.4) is 0 Å². The minimum atomic E-state index is 0.114. The van der Waals surface area contributed by atoms with Crippen molar-refractivity contribution in [2.24, 2.45) is 11.7 Å². The largest absolute Gasteiger partial charge is 0.375 e. The van der Waals surface area contributed by atoms with Crippen LogP contribution in [0.1, 0.15) is 81.1 Å². The number of nitrogens with zero attached hydrogens (tertiary/aromatic N) is 4. The number of carbonyl (C=O) groups excluding carboxylic acids is 4. The van der Waals surface area contributed by atoms with Crippen LogP contribution in [0.2, 0.25) is 0 Å². The maximum Gasteiger partial charge on any atom is 0.258 e. The van der Waals surface area contributed by atoms with Crippen molar-refractivity contribution in [3.8, 4) is 0 Å². The van der Waals surface area contributed by atoms with Crippen molar-refractivity contribution >= 4 is 47.6 Å². The van der Waals surface area contributed by atoms with Gasteiger partial charge in [-0.05, 0) is 142 Å². The van der Waals surface area contributed by atoms with E-state index >= 15 is 0 Å². The molecule has 10 heteroatoms. The molecule has 368 valence electrons. The molecule has 6 aromatic carbocycles. The Bertz CT molecular complexity index is 2500. The molecule has 2 amide bonds. The van der Waals surface area contributed by atoms with Crippen molar-refractivity contribution in [2.45, 2.75) is 71.8 Å². The summed E-state index contributed by atoms with van der Waals surface area (Å²) < 4.78 is 0. The van der Waals surface area contributed by atoms with Gasteiger partial charge in [0.25, 0.3) is 5.91 Å². The number of benzene rings is 6. The molecule has 2 saturated heterocycles. The average molecular weight is 943 g/mol. The lowest BCUT2D eigenvalue weighted by molar-refractivity contribution is -0.107. The Labute approximate surface area is 417 Å². The van der Waals surface area contributed by atoms with Gasteiger partial charge in [-0.2, -0.15) is 0 Å². The van der Waals surface area contributed by atoms with Crippen LogP contribution >= 0.6 is 0 Å². The number of nitrogens with two attached hydrogens (primary N) is 1. The number of aryl methyl sites for hydroxylation is 2. The van der Waals surface area contributed by atoms with E-state index in [9.17, 15) is 14.4 Å². The molecule has 0 spiro atoms. The maximum atomic E-state index is 13.0. The number of nitrogens with one attached hydrogen (secondary N) is 1. The zero-order chi connectivity index (χ0) is 50.1. The normalized spacial score (nSPS) is 15.5. The average Bonchev–Trinajstić information content (AvgIpc) is 4.05. The Kier molecular flexibility index (Phi) is 22.4. The number of anilines is 4. The summed E-state index contributed by atoms with van der Waals surface area (Å²) in [5.74, 6) is 0.891. The van der Waals surface area contributed by atoms with Crippen LogP contribution in [-0.2, 0) is 28.9 Å². The Morgan fingerprint density at radius 2 is 1.33 bits per heavy atom. The first-order valence-corrected chi connectivity index (χ1v) is 24.8. The standard InChI is InChI=1S/C22H27N3O.C21H28N2.2C8H8O.CH3NO/c1-16-6-3-4-8-20(16)22(26)25-13-11-17-14-19(9-10-21(17)25)24-12-5-7-18(15-24)23-2;1-3-14-22(2)20-9-11-21(12-10-20)23-15-13-19(17-23)16-18-7-5-4-6-8-18;1-7-4-2-3-5-8(7)6-9;9-7-6-8-4-2-1-3-5-8;2-1-3/h3-4,6,8-10,14,18,23H,5,7,11-13,15H2,1-2H3;4-12,19H,3,13-17H2,1-2H3;2-6H,1H3;1-5,7H,6H2;1H,(H2,2,3). The van der Waals surface area contributed by atoms with Crippen molar-refractivity contribution in [3.63, 3.8) is 0 Å². The number of piperidine rings is 1. The highest BCUT2D eigenvalue weighted by Gasteiger charge is 2.28. The summed E-state index contributed by atoms with van der Waals surface area (Å²) in [7, 11) is 4.22. The summed E-state index contributed by atoms with van der Waals surface area (Å²) in [5.41, 5.74) is 16.7. The van der Waals surface area contributed by atoms with Crippen molar-refractivity contribution in [1.29, 1.82) is 0 Å². The van der Waals surface area contributed by atoms with Crippen LogP contribution in [0.4, 0.5) is 22.7 Å². The van der Waals surface area contributed by atoms with E-state index < -0.39 is 0 Å². The maximum absolute atomic E-state index is 13.0. The number of fused-ring (bicyclic) bond motifs is 1. The monoisotopic (exact) mass is 943 g/mol. The molecule has 0 aliphatic carbocycles. The van der Waals surface area contributed by atoms with Gasteiger partial charge in [-0.25, -0.2) is 0 Å². The SMILES string of the molecule is CCCN(C)c1ccc(N2CCC(Cc3ccccc3)C2)cc1.CNC1CCCN(c2ccc3c(c2)CCN3C(=O)c2ccccc2C)C1.Cc1ccccc1C=O.NC=O.O=CCc1ccccc1. The number of likely N-dealkylation sites (N-methyl/N-ethyl adjacent to an activating group) is 1. The van der Waals surface area contributed by atoms with Crippen LogP contribution in [0, 0.1) is 19.8 Å². The molecule has 3 N–H and O–H groups in total. The van der Waals surface area contributed by atoms with Crippen LogP contribution in [0.5, 0.6) is 0 Å².